The molecule has 0 bridgehead atoms. The van der Waals surface area contributed by atoms with Gasteiger partial charge in [-0.2, -0.15) is 0 Å². The number of nitrogens with zero attached hydrogens (tertiary/aromatic N) is 10. The van der Waals surface area contributed by atoms with Gasteiger partial charge in [-0.3, -0.25) is 4.79 Å². The summed E-state index contributed by atoms with van der Waals surface area (Å²) in [5, 5.41) is 4.75. The van der Waals surface area contributed by atoms with Gasteiger partial charge in [0.2, 0.25) is 5.91 Å². The van der Waals surface area contributed by atoms with Crippen LogP contribution in [0.4, 0.5) is 42.4 Å². The van der Waals surface area contributed by atoms with Crippen LogP contribution in [-0.2, 0) is 23.7 Å². The standard InChI is InChI=1S/C15H22ClN3O2.C15H24N4O2.C14H20ClN3O2.C8H16N2O2.C6H5BrClN.C4H7NO/c2*1-10-6-7-12(16)17-13(10)18(5)11-8-19(9-11)14(20)21-15(2,3)4;1-9-5-6-11(15)17-12(9)16-10-7-18(8-10)13(19)20-14(2,3)4;1-8(2,3)12-7(11)10-4-6(9)5-10;1-4-2-3-5(8)9-6(4)7;5-4(6)3-1-2-3/h6-7,11H,8-9H2,1-5H3;6-7,11H,8-9H2,1-5H3,(H2,16,17);5-6,10H,7-8H2,1-4H3,(H,16,17);6H,4-5,9H2,1-3H3;2-3H,1H3;3H,1-2H2,(H2,5,6). The molecular formula is C62H94BrCl3N14O9. The number of hydrogen-bond donors (Lipinski definition) is 4. The average Bonchev–Trinajstić information content (AvgIpc) is 3.40. The van der Waals surface area contributed by atoms with Crippen molar-refractivity contribution in [3.63, 3.8) is 0 Å². The number of amides is 5. The van der Waals surface area contributed by atoms with Crippen LogP contribution >= 0.6 is 50.7 Å². The van der Waals surface area contributed by atoms with Crippen LogP contribution in [0.15, 0.2) is 53.1 Å². The van der Waals surface area contributed by atoms with Crippen molar-refractivity contribution in [2.75, 3.05) is 87.3 Å². The van der Waals surface area contributed by atoms with Crippen LogP contribution in [0.5, 0.6) is 0 Å². The van der Waals surface area contributed by atoms with Crippen molar-refractivity contribution in [1.82, 2.24) is 39.5 Å². The minimum absolute atomic E-state index is 0.130. The number of carbonyl (C=O) groups excluding carboxylic acids is 5. The van der Waals surface area contributed by atoms with Gasteiger partial charge in [-0.15, -0.1) is 0 Å². The lowest BCUT2D eigenvalue weighted by atomic mass is 10.1. The van der Waals surface area contributed by atoms with Gasteiger partial charge in [0.25, 0.3) is 0 Å². The second-order valence-electron chi connectivity index (χ2n) is 26.5. The third kappa shape index (κ3) is 26.2. The number of aromatic nitrogens is 4. The van der Waals surface area contributed by atoms with Gasteiger partial charge in [0.15, 0.2) is 0 Å². The maximum absolute atomic E-state index is 11.9. The molecule has 0 aromatic carbocycles. The minimum Gasteiger partial charge on any atom is -0.444 e. The van der Waals surface area contributed by atoms with Crippen LogP contribution in [0, 0.1) is 33.6 Å². The van der Waals surface area contributed by atoms with Crippen molar-refractivity contribution in [2.24, 2.45) is 17.4 Å². The molecule has 4 aromatic heterocycles. The number of nitrogen functional groups attached to an aromatic ring is 1. The monoisotopic (exact) mass is 1360 g/mol. The van der Waals surface area contributed by atoms with Crippen LogP contribution < -0.4 is 32.3 Å². The number of aryl methyl sites for hydroxylation is 4. The summed E-state index contributed by atoms with van der Waals surface area (Å²) in [5.41, 5.74) is 18.6. The Bertz CT molecular complexity index is 2940. The highest BCUT2D eigenvalue weighted by Gasteiger charge is 2.39. The number of likely N-dealkylation sites (N-methyl/N-ethyl adjacent to an activating group) is 2. The zero-order chi connectivity index (χ0) is 67.3. The number of rotatable bonds is 7. The average molecular weight is 1370 g/mol. The number of nitrogens with one attached hydrogen (secondary N) is 1. The molecule has 27 heteroatoms. The fraction of sp³-hybridized carbons (Fsp3) is 0.597. The molecule has 8 heterocycles. The normalized spacial score (nSPS) is 15.8. The van der Waals surface area contributed by atoms with E-state index in [0.29, 0.717) is 73.6 Å². The van der Waals surface area contributed by atoms with Crippen LogP contribution in [0.2, 0.25) is 15.5 Å². The lowest BCUT2D eigenvalue weighted by molar-refractivity contribution is -0.119. The summed E-state index contributed by atoms with van der Waals surface area (Å²) in [6.45, 7) is 35.3. The van der Waals surface area contributed by atoms with Crippen LogP contribution in [-0.4, -0.2) is 183 Å². The molecule has 1 saturated carbocycles. The fourth-order valence-corrected chi connectivity index (χ4v) is 9.03. The van der Waals surface area contributed by atoms with Gasteiger partial charge in [-0.1, -0.05) is 59.1 Å². The van der Waals surface area contributed by atoms with Gasteiger partial charge in [-0.05, 0) is 186 Å². The minimum atomic E-state index is -0.459. The molecule has 5 fully saturated rings. The molecule has 494 valence electrons. The van der Waals surface area contributed by atoms with E-state index in [0.717, 1.165) is 57.2 Å². The first-order chi connectivity index (χ1) is 41.0. The predicted octanol–water partition coefficient (Wildman–Crippen LogP) is 11.5. The van der Waals surface area contributed by atoms with Crippen LogP contribution in [0.1, 0.15) is 118 Å². The maximum Gasteiger partial charge on any atom is 0.410 e. The van der Waals surface area contributed by atoms with Crippen molar-refractivity contribution in [3.05, 3.63) is 90.8 Å². The number of anilines is 4. The first-order valence-corrected chi connectivity index (χ1v) is 31.4. The third-order valence-electron chi connectivity index (χ3n) is 13.4. The molecule has 5 amide bonds. The third-order valence-corrected chi connectivity index (χ3v) is 14.8. The molecule has 4 aromatic rings. The van der Waals surface area contributed by atoms with E-state index in [1.807, 2.05) is 149 Å². The van der Waals surface area contributed by atoms with Gasteiger partial charge in [0.1, 0.15) is 65.7 Å². The Morgan fingerprint density at radius 3 is 1.20 bits per heavy atom. The Labute approximate surface area is 549 Å². The van der Waals surface area contributed by atoms with Crippen molar-refractivity contribution >= 4 is 104 Å². The SMILES string of the molecule is CC(C)(C)OC(=O)N1CC(N)C1.Cc1ccc(Cl)nc1Br.Cc1ccc(Cl)nc1N(C)C1CN(C(=O)OC(C)(C)C)C1.Cc1ccc(Cl)nc1NC1CN(C(=O)OC(C)(C)C)C1.Cc1ccc(N)nc1N(C)C1CN(C(=O)OC(C)(C)C)C1.NC(=O)C1CC1. The Balaban J connectivity index is 0.000000238. The van der Waals surface area contributed by atoms with Gasteiger partial charge < -0.3 is 70.9 Å². The summed E-state index contributed by atoms with van der Waals surface area (Å²) in [7, 11) is 3.95. The molecule has 5 aliphatic rings. The quantitative estimate of drug-likeness (QED) is 0.0988. The van der Waals surface area contributed by atoms with E-state index in [1.54, 1.807) is 43.9 Å². The topological polar surface area (TPSA) is 283 Å². The van der Waals surface area contributed by atoms with E-state index >= 15 is 0 Å². The smallest absolute Gasteiger partial charge is 0.410 e. The van der Waals surface area contributed by atoms with E-state index in [4.69, 9.17) is 71.0 Å². The lowest BCUT2D eigenvalue weighted by Gasteiger charge is -2.44. The number of likely N-dealkylation sites (tertiary alicyclic amines) is 4. The summed E-state index contributed by atoms with van der Waals surface area (Å²) in [6.07, 6.45) is 0.993. The van der Waals surface area contributed by atoms with Gasteiger partial charge in [0, 0.05) is 78.4 Å². The van der Waals surface area contributed by atoms with Crippen molar-refractivity contribution in [3.8, 4) is 0 Å². The van der Waals surface area contributed by atoms with Crippen molar-refractivity contribution < 1.29 is 42.9 Å². The number of ether oxygens (including phenoxy) is 4. The number of nitrogens with two attached hydrogens (primary N) is 3. The fourth-order valence-electron chi connectivity index (χ4n) is 8.17. The Morgan fingerprint density at radius 2 is 0.854 bits per heavy atom. The first kappa shape index (κ1) is 75.1. The summed E-state index contributed by atoms with van der Waals surface area (Å²) < 4.78 is 21.9. The predicted molar refractivity (Wildman–Crippen MR) is 356 cm³/mol. The van der Waals surface area contributed by atoms with Gasteiger partial charge in [0.05, 0.1) is 18.1 Å². The molecule has 7 N–H and O–H groups in total. The molecule has 89 heavy (non-hydrogen) atoms. The molecule has 0 atom stereocenters. The number of pyridine rings is 4. The number of hydrogen-bond acceptors (Lipinski definition) is 18. The van der Waals surface area contributed by atoms with E-state index in [-0.39, 0.29) is 60.4 Å². The van der Waals surface area contributed by atoms with Crippen LogP contribution in [0.25, 0.3) is 0 Å². The van der Waals surface area contributed by atoms with E-state index in [2.05, 4.69) is 51.0 Å². The Kier molecular flexibility index (Phi) is 27.1. The summed E-state index contributed by atoms with van der Waals surface area (Å²) >= 11 is 20.7. The van der Waals surface area contributed by atoms with E-state index in [9.17, 15) is 24.0 Å². The highest BCUT2D eigenvalue weighted by molar-refractivity contribution is 9.10. The second-order valence-corrected chi connectivity index (χ2v) is 28.5. The molecule has 4 saturated heterocycles. The van der Waals surface area contributed by atoms with Crippen molar-refractivity contribution in [2.45, 2.75) is 170 Å². The zero-order valence-corrected chi connectivity index (χ0v) is 58.8. The summed E-state index contributed by atoms with van der Waals surface area (Å²) in [6, 6.07) is 15.6. The zero-order valence-electron chi connectivity index (χ0n) is 55.0. The molecule has 0 unspecified atom stereocenters. The highest BCUT2D eigenvalue weighted by Crippen LogP contribution is 2.29. The van der Waals surface area contributed by atoms with Crippen LogP contribution in [0.3, 0.4) is 0 Å². The van der Waals surface area contributed by atoms with E-state index < -0.39 is 22.4 Å². The molecule has 1 aliphatic carbocycles. The molecular weight excluding hydrogens is 1270 g/mol. The van der Waals surface area contributed by atoms with Crippen molar-refractivity contribution in [1.29, 1.82) is 0 Å². The van der Waals surface area contributed by atoms with Gasteiger partial charge >= 0.3 is 24.4 Å². The molecule has 4 aliphatic heterocycles. The number of halogens is 4. The maximum atomic E-state index is 11.9. The van der Waals surface area contributed by atoms with E-state index in [1.165, 1.54) is 0 Å². The molecule has 9 rings (SSSR count). The second kappa shape index (κ2) is 32.1. The first-order valence-electron chi connectivity index (χ1n) is 29.4. The summed E-state index contributed by atoms with van der Waals surface area (Å²) in [5.74, 6) is 3.11. The summed E-state index contributed by atoms with van der Waals surface area (Å²) in [4.78, 5) is 84.6. The Hall–Kier alpha value is -6.34. The number of primary amides is 1. The molecule has 23 nitrogen and oxygen atoms in total. The largest absolute Gasteiger partial charge is 0.444 e. The Morgan fingerprint density at radius 1 is 0.517 bits per heavy atom. The number of carbonyl (C=O) groups is 5. The molecule has 0 spiro atoms. The highest BCUT2D eigenvalue weighted by atomic mass is 79.9. The van der Waals surface area contributed by atoms with Gasteiger partial charge in [-0.25, -0.2) is 39.1 Å². The molecule has 0 radical (unpaired) electrons. The lowest BCUT2D eigenvalue weighted by Crippen LogP contribution is -2.61.